The molecule has 1 saturated heterocycles. The number of amides is 3. The van der Waals surface area contributed by atoms with Crippen molar-refractivity contribution in [2.45, 2.75) is 20.8 Å². The summed E-state index contributed by atoms with van der Waals surface area (Å²) in [6.07, 6.45) is 0. The molecular formula is C23H27N3O4. The van der Waals surface area contributed by atoms with Crippen molar-refractivity contribution >= 4 is 23.4 Å². The topological polar surface area (TPSA) is 79.0 Å². The number of hydrogen-bond donors (Lipinski definition) is 1. The number of anilines is 1. The second-order valence-corrected chi connectivity index (χ2v) is 7.49. The lowest BCUT2D eigenvalue weighted by atomic mass is 10.1. The van der Waals surface area contributed by atoms with Crippen molar-refractivity contribution < 1.29 is 19.1 Å². The highest BCUT2D eigenvalue weighted by atomic mass is 16.5. The number of carbonyl (C=O) groups is 3. The summed E-state index contributed by atoms with van der Waals surface area (Å²) in [5, 5.41) is 2.68. The lowest BCUT2D eigenvalue weighted by molar-refractivity contribution is -0.134. The van der Waals surface area contributed by atoms with Crippen LogP contribution in [0.15, 0.2) is 42.5 Å². The van der Waals surface area contributed by atoms with E-state index in [-0.39, 0.29) is 24.3 Å². The van der Waals surface area contributed by atoms with Crippen LogP contribution in [0.1, 0.15) is 28.4 Å². The Bertz CT molecular complexity index is 949. The molecular weight excluding hydrogens is 382 g/mol. The first-order valence-corrected chi connectivity index (χ1v) is 9.98. The average Bonchev–Trinajstić information content (AvgIpc) is 2.72. The van der Waals surface area contributed by atoms with Gasteiger partial charge < -0.3 is 19.9 Å². The number of aryl methyl sites for hydroxylation is 2. The molecule has 0 bridgehead atoms. The van der Waals surface area contributed by atoms with Crippen molar-refractivity contribution in [2.75, 3.05) is 38.1 Å². The zero-order chi connectivity index (χ0) is 21.7. The fourth-order valence-corrected chi connectivity index (χ4v) is 3.47. The third-order valence-corrected chi connectivity index (χ3v) is 5.03. The molecule has 3 rings (SSSR count). The van der Waals surface area contributed by atoms with Crippen molar-refractivity contribution in [3.63, 3.8) is 0 Å². The van der Waals surface area contributed by atoms with E-state index in [2.05, 4.69) is 5.32 Å². The van der Waals surface area contributed by atoms with E-state index in [0.29, 0.717) is 43.2 Å². The predicted octanol–water partition coefficient (Wildman–Crippen LogP) is 2.63. The third kappa shape index (κ3) is 5.37. The molecule has 1 N–H and O–H groups in total. The van der Waals surface area contributed by atoms with Gasteiger partial charge in [0, 0.05) is 44.4 Å². The number of carbonyl (C=O) groups excluding carboxylic acids is 3. The van der Waals surface area contributed by atoms with E-state index in [1.54, 1.807) is 34.1 Å². The van der Waals surface area contributed by atoms with E-state index >= 15 is 0 Å². The summed E-state index contributed by atoms with van der Waals surface area (Å²) in [6, 6.07) is 12.7. The van der Waals surface area contributed by atoms with Crippen LogP contribution < -0.4 is 10.1 Å². The van der Waals surface area contributed by atoms with Gasteiger partial charge in [-0.2, -0.15) is 0 Å². The summed E-state index contributed by atoms with van der Waals surface area (Å²) < 4.78 is 5.69. The molecule has 3 amide bonds. The van der Waals surface area contributed by atoms with Crippen LogP contribution in [0.5, 0.6) is 5.75 Å². The smallest absolute Gasteiger partial charge is 0.260 e. The van der Waals surface area contributed by atoms with Gasteiger partial charge in [-0.05, 0) is 43.7 Å². The highest BCUT2D eigenvalue weighted by Gasteiger charge is 2.25. The quantitative estimate of drug-likeness (QED) is 0.823. The molecule has 158 valence electrons. The molecule has 1 heterocycles. The predicted molar refractivity (Wildman–Crippen MR) is 115 cm³/mol. The Morgan fingerprint density at radius 1 is 0.967 bits per heavy atom. The molecule has 0 saturated carbocycles. The second kappa shape index (κ2) is 9.43. The Labute approximate surface area is 176 Å². The molecule has 1 aliphatic heterocycles. The standard InChI is InChI=1S/C23H27N3O4/c1-16-7-8-21(17(2)13-16)30-15-22(28)25-9-11-26(12-10-25)23(29)19-5-4-6-20(14-19)24-18(3)27/h4-8,13-14H,9-12,15H2,1-3H3,(H,24,27). The van der Waals surface area contributed by atoms with Crippen molar-refractivity contribution in [1.82, 2.24) is 9.80 Å². The first-order chi connectivity index (χ1) is 14.3. The molecule has 2 aromatic carbocycles. The van der Waals surface area contributed by atoms with Gasteiger partial charge in [0.05, 0.1) is 0 Å². The maximum Gasteiger partial charge on any atom is 0.260 e. The number of nitrogens with one attached hydrogen (secondary N) is 1. The average molecular weight is 409 g/mol. The monoisotopic (exact) mass is 409 g/mol. The highest BCUT2D eigenvalue weighted by molar-refractivity contribution is 5.97. The van der Waals surface area contributed by atoms with Crippen LogP contribution in [-0.2, 0) is 9.59 Å². The summed E-state index contributed by atoms with van der Waals surface area (Å²) in [7, 11) is 0. The molecule has 7 nitrogen and oxygen atoms in total. The Hall–Kier alpha value is -3.35. The van der Waals surface area contributed by atoms with Gasteiger partial charge >= 0.3 is 0 Å². The first kappa shape index (κ1) is 21.4. The number of piperazine rings is 1. The second-order valence-electron chi connectivity index (χ2n) is 7.49. The molecule has 2 aromatic rings. The van der Waals surface area contributed by atoms with E-state index in [1.165, 1.54) is 6.92 Å². The lowest BCUT2D eigenvalue weighted by Crippen LogP contribution is -2.51. The maximum atomic E-state index is 12.8. The van der Waals surface area contributed by atoms with Gasteiger partial charge in [-0.25, -0.2) is 0 Å². The Morgan fingerprint density at radius 2 is 1.67 bits per heavy atom. The summed E-state index contributed by atoms with van der Waals surface area (Å²) in [5.41, 5.74) is 3.25. The maximum absolute atomic E-state index is 12.8. The molecule has 1 fully saturated rings. The van der Waals surface area contributed by atoms with Crippen molar-refractivity contribution in [3.8, 4) is 5.75 Å². The Morgan fingerprint density at radius 3 is 2.33 bits per heavy atom. The summed E-state index contributed by atoms with van der Waals surface area (Å²) in [5.74, 6) is 0.326. The molecule has 0 radical (unpaired) electrons. The minimum absolute atomic E-state index is 0.0173. The van der Waals surface area contributed by atoms with Gasteiger partial charge in [-0.1, -0.05) is 23.8 Å². The molecule has 0 unspecified atom stereocenters. The molecule has 7 heteroatoms. The number of hydrogen-bond acceptors (Lipinski definition) is 4. The number of nitrogens with zero attached hydrogens (tertiary/aromatic N) is 2. The Kier molecular flexibility index (Phi) is 6.72. The number of rotatable bonds is 5. The van der Waals surface area contributed by atoms with Crippen LogP contribution in [0.25, 0.3) is 0 Å². The fourth-order valence-electron chi connectivity index (χ4n) is 3.47. The zero-order valence-electron chi connectivity index (χ0n) is 17.6. The van der Waals surface area contributed by atoms with E-state index in [1.807, 2.05) is 32.0 Å². The number of benzene rings is 2. The molecule has 0 atom stereocenters. The molecule has 0 aliphatic carbocycles. The van der Waals surface area contributed by atoms with E-state index < -0.39 is 0 Å². The number of ether oxygens (including phenoxy) is 1. The molecule has 0 aromatic heterocycles. The molecule has 0 spiro atoms. The summed E-state index contributed by atoms with van der Waals surface area (Å²) in [6.45, 7) is 7.22. The van der Waals surface area contributed by atoms with Crippen LogP contribution in [0.2, 0.25) is 0 Å². The van der Waals surface area contributed by atoms with Gasteiger partial charge in [-0.15, -0.1) is 0 Å². The third-order valence-electron chi connectivity index (χ3n) is 5.03. The van der Waals surface area contributed by atoms with E-state index in [9.17, 15) is 14.4 Å². The molecule has 30 heavy (non-hydrogen) atoms. The zero-order valence-corrected chi connectivity index (χ0v) is 17.6. The van der Waals surface area contributed by atoms with Gasteiger partial charge in [-0.3, -0.25) is 14.4 Å². The van der Waals surface area contributed by atoms with E-state index in [4.69, 9.17) is 4.74 Å². The van der Waals surface area contributed by atoms with Crippen molar-refractivity contribution in [3.05, 3.63) is 59.2 Å². The van der Waals surface area contributed by atoms with Crippen LogP contribution in [0.4, 0.5) is 5.69 Å². The van der Waals surface area contributed by atoms with Crippen LogP contribution in [0.3, 0.4) is 0 Å². The van der Waals surface area contributed by atoms with Crippen molar-refractivity contribution in [2.24, 2.45) is 0 Å². The minimum Gasteiger partial charge on any atom is -0.484 e. The normalized spacial score (nSPS) is 13.7. The summed E-state index contributed by atoms with van der Waals surface area (Å²) in [4.78, 5) is 39.9. The largest absolute Gasteiger partial charge is 0.484 e. The Balaban J connectivity index is 1.52. The lowest BCUT2D eigenvalue weighted by Gasteiger charge is -2.34. The highest BCUT2D eigenvalue weighted by Crippen LogP contribution is 2.19. The SMILES string of the molecule is CC(=O)Nc1cccc(C(=O)N2CCN(C(=O)COc3ccc(C)cc3C)CC2)c1. The van der Waals surface area contributed by atoms with Gasteiger partial charge in [0.15, 0.2) is 6.61 Å². The van der Waals surface area contributed by atoms with Gasteiger partial charge in [0.1, 0.15) is 5.75 Å². The summed E-state index contributed by atoms with van der Waals surface area (Å²) >= 11 is 0. The van der Waals surface area contributed by atoms with Crippen LogP contribution in [-0.4, -0.2) is 60.3 Å². The minimum atomic E-state index is -0.185. The van der Waals surface area contributed by atoms with Crippen LogP contribution in [0, 0.1) is 13.8 Å². The van der Waals surface area contributed by atoms with Crippen LogP contribution >= 0.6 is 0 Å². The molecule has 1 aliphatic rings. The fraction of sp³-hybridized carbons (Fsp3) is 0.348. The van der Waals surface area contributed by atoms with Crippen molar-refractivity contribution in [1.29, 1.82) is 0 Å². The van der Waals surface area contributed by atoms with Gasteiger partial charge in [0.25, 0.3) is 11.8 Å². The first-order valence-electron chi connectivity index (χ1n) is 9.98. The van der Waals surface area contributed by atoms with Gasteiger partial charge in [0.2, 0.25) is 5.91 Å². The van der Waals surface area contributed by atoms with E-state index in [0.717, 1.165) is 11.1 Å².